The van der Waals surface area contributed by atoms with Gasteiger partial charge in [0.2, 0.25) is 5.88 Å². The Morgan fingerprint density at radius 1 is 1.06 bits per heavy atom. The quantitative estimate of drug-likeness (QED) is 0.154. The monoisotopic (exact) mass is 727 g/mol. The van der Waals surface area contributed by atoms with Crippen LogP contribution >= 0.6 is 0 Å². The molecule has 0 saturated carbocycles. The molecule has 1 unspecified atom stereocenters. The van der Waals surface area contributed by atoms with Crippen LogP contribution in [0.1, 0.15) is 51.3 Å². The van der Waals surface area contributed by atoms with Gasteiger partial charge in [0.15, 0.2) is 0 Å². The Bertz CT molecular complexity index is 2180. The van der Waals surface area contributed by atoms with Crippen LogP contribution in [0.15, 0.2) is 66.7 Å². The Morgan fingerprint density at radius 3 is 2.70 bits per heavy atom. The summed E-state index contributed by atoms with van der Waals surface area (Å²) < 4.78 is 64.1. The highest BCUT2D eigenvalue weighted by atomic mass is 19.4. The first-order valence-corrected chi connectivity index (χ1v) is 17.3. The maximum absolute atomic E-state index is 12.7. The van der Waals surface area contributed by atoms with E-state index in [1.54, 1.807) is 12.1 Å². The molecule has 0 amide bonds. The maximum Gasteiger partial charge on any atom is 0.401 e. The van der Waals surface area contributed by atoms with Crippen LogP contribution in [0.4, 0.5) is 13.2 Å². The van der Waals surface area contributed by atoms with Crippen molar-refractivity contribution < 1.29 is 42.0 Å². The van der Waals surface area contributed by atoms with Gasteiger partial charge in [-0.3, -0.25) is 0 Å². The first-order valence-electron chi connectivity index (χ1n) is 17.3. The lowest BCUT2D eigenvalue weighted by atomic mass is 10.0. The number of rotatable bonds is 10. The molecule has 0 radical (unpaired) electrons. The number of hydrogen-bond donors (Lipinski definition) is 2. The predicted molar refractivity (Wildman–Crippen MR) is 187 cm³/mol. The average Bonchev–Trinajstić information content (AvgIpc) is 3.47. The number of aryl methyl sites for hydroxylation is 1. The molecule has 53 heavy (non-hydrogen) atoms. The first-order chi connectivity index (χ1) is 25.6. The number of aromatic nitrogens is 3. The van der Waals surface area contributed by atoms with Crippen molar-refractivity contribution >= 4 is 17.0 Å². The fourth-order valence-electron chi connectivity index (χ4n) is 6.39. The number of hydrogen-bond acceptors (Lipinski definition) is 9. The van der Waals surface area contributed by atoms with E-state index in [2.05, 4.69) is 11.4 Å². The first kappa shape index (κ1) is 35.7. The number of ether oxygens (including phenoxy) is 4. The molecule has 14 heteroatoms. The number of nitrogens with zero attached hydrogens (tertiary/aromatic N) is 4. The second-order valence-corrected chi connectivity index (χ2v) is 12.9. The summed E-state index contributed by atoms with van der Waals surface area (Å²) >= 11 is 0. The molecular weight excluding hydrogens is 691 g/mol. The third kappa shape index (κ3) is 8.54. The zero-order valence-corrected chi connectivity index (χ0v) is 28.6. The summed E-state index contributed by atoms with van der Waals surface area (Å²) in [4.78, 5) is 21.9. The Hall–Kier alpha value is -5.65. The van der Waals surface area contributed by atoms with Crippen molar-refractivity contribution in [3.63, 3.8) is 0 Å². The zero-order valence-electron chi connectivity index (χ0n) is 28.6. The van der Waals surface area contributed by atoms with Crippen molar-refractivity contribution in [1.82, 2.24) is 19.9 Å². The lowest BCUT2D eigenvalue weighted by molar-refractivity contribution is -0.124. The molecule has 4 heterocycles. The average molecular weight is 728 g/mol. The summed E-state index contributed by atoms with van der Waals surface area (Å²) in [6.07, 6.45) is -2.01. The molecule has 274 valence electrons. The number of fused-ring (bicyclic) bond motifs is 7. The molecule has 11 nitrogen and oxygen atoms in total. The molecule has 0 aliphatic carbocycles. The van der Waals surface area contributed by atoms with E-state index >= 15 is 0 Å². The number of nitriles is 1. The number of carboxylic acid groups (broad SMARTS) is 1. The summed E-state index contributed by atoms with van der Waals surface area (Å²) in [6.45, 7) is 0.314. The van der Waals surface area contributed by atoms with Crippen LogP contribution in [0.2, 0.25) is 0 Å². The highest BCUT2D eigenvalue weighted by molar-refractivity contribution is 5.95. The van der Waals surface area contributed by atoms with Gasteiger partial charge in [0.25, 0.3) is 0 Å². The van der Waals surface area contributed by atoms with Crippen molar-refractivity contribution in [3.8, 4) is 34.7 Å². The number of benzene rings is 3. The van der Waals surface area contributed by atoms with Crippen molar-refractivity contribution in [1.29, 1.82) is 5.26 Å². The Labute approximate surface area is 302 Å². The molecule has 2 aromatic heterocycles. The largest absolute Gasteiger partial charge is 0.493 e. The Morgan fingerprint density at radius 2 is 1.92 bits per heavy atom. The number of carboxylic acids is 1. The Kier molecular flexibility index (Phi) is 10.5. The summed E-state index contributed by atoms with van der Waals surface area (Å²) in [7, 11) is 0. The fourth-order valence-corrected chi connectivity index (χ4v) is 6.39. The molecule has 2 aliphatic rings. The van der Waals surface area contributed by atoms with Crippen molar-refractivity contribution in [2.45, 2.75) is 51.1 Å². The molecule has 3 aromatic carbocycles. The summed E-state index contributed by atoms with van der Waals surface area (Å²) in [5.41, 5.74) is 5.73. The normalized spacial score (nSPS) is 15.6. The molecule has 1 saturated heterocycles. The van der Waals surface area contributed by atoms with Gasteiger partial charge in [0.1, 0.15) is 36.1 Å². The van der Waals surface area contributed by atoms with E-state index < -0.39 is 18.7 Å². The molecule has 5 aromatic rings. The lowest BCUT2D eigenvalue weighted by Gasteiger charge is -2.27. The number of carbonyl (C=O) groups is 1. The maximum atomic E-state index is 12.7. The van der Waals surface area contributed by atoms with Crippen LogP contribution in [0, 0.1) is 11.3 Å². The van der Waals surface area contributed by atoms with Crippen molar-refractivity contribution in [2.24, 2.45) is 0 Å². The smallest absolute Gasteiger partial charge is 0.401 e. The molecule has 7 rings (SSSR count). The lowest BCUT2D eigenvalue weighted by Crippen LogP contribution is -2.32. The molecule has 2 aliphatic heterocycles. The second kappa shape index (κ2) is 15.5. The van der Waals surface area contributed by atoms with Crippen LogP contribution in [0.25, 0.3) is 22.3 Å². The molecule has 0 spiro atoms. The molecule has 4 bridgehead atoms. The van der Waals surface area contributed by atoms with Gasteiger partial charge in [0, 0.05) is 36.8 Å². The van der Waals surface area contributed by atoms with Crippen molar-refractivity contribution in [3.05, 3.63) is 100 Å². The third-order valence-electron chi connectivity index (χ3n) is 9.18. The van der Waals surface area contributed by atoms with E-state index in [9.17, 15) is 28.3 Å². The number of alkyl halides is 3. The highest BCUT2D eigenvalue weighted by Gasteiger charge is 2.27. The van der Waals surface area contributed by atoms with Gasteiger partial charge in [-0.15, -0.1) is 0 Å². The summed E-state index contributed by atoms with van der Waals surface area (Å²) in [6, 6.07) is 22.1. The summed E-state index contributed by atoms with van der Waals surface area (Å²) in [5.74, 6) is 0.668. The molecule has 1 atom stereocenters. The molecular formula is C39H36F3N5O6. The van der Waals surface area contributed by atoms with E-state index in [-0.39, 0.29) is 30.6 Å². The number of aromatic carboxylic acids is 1. The van der Waals surface area contributed by atoms with Gasteiger partial charge in [-0.25, -0.2) is 14.8 Å². The van der Waals surface area contributed by atoms with Crippen LogP contribution in [0.5, 0.6) is 17.4 Å². The van der Waals surface area contributed by atoms with Crippen LogP contribution in [0.3, 0.4) is 0 Å². The SMILES string of the molecule is N#Cc1ccc2c(c1)CCCOc1cc(ccc1Cc1nc3c(OCCNCC(F)(F)F)cc(C(=O)O)cc3n1CC1CCO1)-c1cccc(n1)OC2. The van der Waals surface area contributed by atoms with Crippen LogP contribution < -0.4 is 19.5 Å². The third-order valence-corrected chi connectivity index (χ3v) is 9.18. The minimum absolute atomic E-state index is 0.0401. The van der Waals surface area contributed by atoms with E-state index in [0.29, 0.717) is 85.4 Å². The molecule has 2 N–H and O–H groups in total. The number of halogens is 3. The van der Waals surface area contributed by atoms with E-state index in [4.69, 9.17) is 28.9 Å². The molecule has 1 fully saturated rings. The van der Waals surface area contributed by atoms with Gasteiger partial charge in [-0.2, -0.15) is 18.4 Å². The minimum Gasteiger partial charge on any atom is -0.493 e. The number of nitrogens with one attached hydrogen (secondary N) is 1. The van der Waals surface area contributed by atoms with E-state index in [1.165, 1.54) is 12.1 Å². The van der Waals surface area contributed by atoms with E-state index in [0.717, 1.165) is 28.7 Å². The zero-order chi connectivity index (χ0) is 37.0. The number of pyridine rings is 1. The van der Waals surface area contributed by atoms with Crippen LogP contribution in [-0.2, 0) is 30.7 Å². The van der Waals surface area contributed by atoms with Crippen molar-refractivity contribution in [2.75, 3.05) is 32.9 Å². The fraction of sp³-hybridized carbons (Fsp3) is 0.333. The number of imidazole rings is 1. The van der Waals surface area contributed by atoms with Gasteiger partial charge in [-0.1, -0.05) is 24.3 Å². The van der Waals surface area contributed by atoms with Gasteiger partial charge in [0.05, 0.1) is 54.2 Å². The highest BCUT2D eigenvalue weighted by Crippen LogP contribution is 2.34. The van der Waals surface area contributed by atoms with Crippen LogP contribution in [-0.4, -0.2) is 70.8 Å². The Balaban J connectivity index is 1.23. The summed E-state index contributed by atoms with van der Waals surface area (Å²) in [5, 5.41) is 21.7. The second-order valence-electron chi connectivity index (χ2n) is 12.9. The van der Waals surface area contributed by atoms with E-state index in [1.807, 2.05) is 47.0 Å². The van der Waals surface area contributed by atoms with Gasteiger partial charge < -0.3 is 33.9 Å². The predicted octanol–water partition coefficient (Wildman–Crippen LogP) is 6.48. The standard InChI is InChI=1S/C39H36F3N5O6/c40-39(41,42)23-44-11-14-52-34-18-29(38(48)49)16-32-37(34)46-35(47(32)21-30-10-13-50-30)19-27-9-8-26-17-33(27)51-12-2-3-25-15-24(20-43)6-7-28(25)22-53-36-5-1-4-31(26)45-36/h1,4-9,15-18,30,44H,2-3,10-14,19,21-23H2,(H,48,49). The minimum atomic E-state index is -4.37. The van der Waals surface area contributed by atoms with Gasteiger partial charge in [-0.05, 0) is 66.8 Å². The van der Waals surface area contributed by atoms with Gasteiger partial charge >= 0.3 is 12.1 Å². The topological polar surface area (TPSA) is 141 Å².